The minimum absolute atomic E-state index is 0.0185. The zero-order valence-electron chi connectivity index (χ0n) is 14.8. The minimum atomic E-state index is -1.29. The monoisotopic (exact) mass is 357 g/mol. The normalized spacial score (nSPS) is 17.6. The molecule has 26 heavy (non-hydrogen) atoms. The van der Waals surface area contributed by atoms with Gasteiger partial charge in [0, 0.05) is 6.04 Å². The molecule has 6 heteroatoms. The van der Waals surface area contributed by atoms with Crippen molar-refractivity contribution in [3.05, 3.63) is 36.4 Å². The molecule has 2 aromatic rings. The highest BCUT2D eigenvalue weighted by Crippen LogP contribution is 2.29. The van der Waals surface area contributed by atoms with E-state index < -0.39 is 18.1 Å². The highest BCUT2D eigenvalue weighted by molar-refractivity contribution is 5.89. The first-order valence-electron chi connectivity index (χ1n) is 9.26. The molecule has 0 aliphatic heterocycles. The van der Waals surface area contributed by atoms with Crippen LogP contribution in [0.25, 0.3) is 10.8 Å². The lowest BCUT2D eigenvalue weighted by atomic mass is 9.84. The van der Waals surface area contributed by atoms with Gasteiger partial charge in [0.15, 0.2) is 0 Å². The summed E-state index contributed by atoms with van der Waals surface area (Å²) in [6.45, 7) is 0. The van der Waals surface area contributed by atoms with Crippen LogP contribution in [0.15, 0.2) is 36.4 Å². The number of phenols is 1. The summed E-state index contributed by atoms with van der Waals surface area (Å²) < 4.78 is 0. The summed E-state index contributed by atoms with van der Waals surface area (Å²) in [5, 5.41) is 22.1. The number of aliphatic hydroxyl groups excluding tert-OH is 1. The Morgan fingerprint density at radius 1 is 1.15 bits per heavy atom. The predicted molar refractivity (Wildman–Crippen MR) is 103 cm³/mol. The third kappa shape index (κ3) is 4.45. The van der Waals surface area contributed by atoms with Crippen molar-refractivity contribution in [1.29, 1.82) is 0 Å². The summed E-state index contributed by atoms with van der Waals surface area (Å²) in [4.78, 5) is 12.2. The summed E-state index contributed by atoms with van der Waals surface area (Å²) >= 11 is 0. The Hall–Kier alpha value is -2.31. The fraction of sp³-hybridized carbons (Fsp3) is 0.450. The van der Waals surface area contributed by atoms with Crippen LogP contribution in [0.2, 0.25) is 0 Å². The second kappa shape index (κ2) is 8.38. The second-order valence-corrected chi connectivity index (χ2v) is 7.18. The molecule has 1 amide bonds. The molecule has 6 N–H and O–H groups in total. The van der Waals surface area contributed by atoms with Gasteiger partial charge in [-0.2, -0.15) is 0 Å². The number of nitrogens with two attached hydrogens (primary N) is 1. The van der Waals surface area contributed by atoms with E-state index in [9.17, 15) is 15.0 Å². The smallest absolute Gasteiger partial charge is 0.268 e. The van der Waals surface area contributed by atoms with Crippen LogP contribution < -0.4 is 16.6 Å². The molecule has 0 heterocycles. The molecule has 1 aliphatic rings. The van der Waals surface area contributed by atoms with E-state index in [2.05, 4.69) is 10.9 Å². The van der Waals surface area contributed by atoms with E-state index in [0.29, 0.717) is 18.0 Å². The molecule has 0 aromatic heterocycles. The van der Waals surface area contributed by atoms with Gasteiger partial charge < -0.3 is 15.9 Å². The van der Waals surface area contributed by atoms with E-state index in [4.69, 9.17) is 5.73 Å². The standard InChI is InChI=1S/C20H27N3O3/c21-16(10-13-6-2-1-3-7-13)19(25)20(26)23-22-17-11-14-8-4-5-9-15(14)12-18(17)24/h4-5,8-9,11-13,16,19,22,24-25H,1-3,6-7,10,21H2,(H,23,26). The molecule has 140 valence electrons. The molecule has 2 unspecified atom stereocenters. The van der Waals surface area contributed by atoms with Crippen LogP contribution in [-0.2, 0) is 4.79 Å². The van der Waals surface area contributed by atoms with Crippen molar-refractivity contribution in [2.24, 2.45) is 11.7 Å². The molecule has 0 radical (unpaired) electrons. The topological polar surface area (TPSA) is 108 Å². The number of carbonyl (C=O) groups excluding carboxylic acids is 1. The molecular weight excluding hydrogens is 330 g/mol. The number of fused-ring (bicyclic) bond motifs is 1. The fourth-order valence-corrected chi connectivity index (χ4v) is 3.66. The summed E-state index contributed by atoms with van der Waals surface area (Å²) in [7, 11) is 0. The molecule has 0 saturated heterocycles. The lowest BCUT2D eigenvalue weighted by Gasteiger charge is -2.26. The number of carbonyl (C=O) groups is 1. The van der Waals surface area contributed by atoms with Gasteiger partial charge in [-0.05, 0) is 35.2 Å². The number of anilines is 1. The van der Waals surface area contributed by atoms with Gasteiger partial charge in [-0.15, -0.1) is 0 Å². The van der Waals surface area contributed by atoms with Gasteiger partial charge in [-0.3, -0.25) is 15.6 Å². The number of aliphatic hydroxyl groups is 1. The van der Waals surface area contributed by atoms with Gasteiger partial charge in [-0.25, -0.2) is 0 Å². The van der Waals surface area contributed by atoms with E-state index in [1.54, 1.807) is 12.1 Å². The van der Waals surface area contributed by atoms with Gasteiger partial charge >= 0.3 is 0 Å². The Morgan fingerprint density at radius 2 is 1.81 bits per heavy atom. The SMILES string of the molecule is NC(CC1CCCCC1)C(O)C(=O)NNc1cc2ccccc2cc1O. The molecule has 2 atom stereocenters. The first-order valence-corrected chi connectivity index (χ1v) is 9.26. The Morgan fingerprint density at radius 3 is 2.50 bits per heavy atom. The van der Waals surface area contributed by atoms with Crippen LogP contribution in [0.4, 0.5) is 5.69 Å². The predicted octanol–water partition coefficient (Wildman–Crippen LogP) is 2.65. The zero-order valence-corrected chi connectivity index (χ0v) is 14.8. The third-order valence-corrected chi connectivity index (χ3v) is 5.19. The lowest BCUT2D eigenvalue weighted by molar-refractivity contribution is -0.130. The molecule has 6 nitrogen and oxygen atoms in total. The Kier molecular flexibility index (Phi) is 5.96. The average molecular weight is 357 g/mol. The van der Waals surface area contributed by atoms with E-state index >= 15 is 0 Å². The second-order valence-electron chi connectivity index (χ2n) is 7.18. The van der Waals surface area contributed by atoms with Gasteiger partial charge in [0.2, 0.25) is 0 Å². The zero-order chi connectivity index (χ0) is 18.5. The summed E-state index contributed by atoms with van der Waals surface area (Å²) in [5.74, 6) is -0.0930. The van der Waals surface area contributed by atoms with Gasteiger partial charge in [-0.1, -0.05) is 56.4 Å². The van der Waals surface area contributed by atoms with Crippen molar-refractivity contribution < 1.29 is 15.0 Å². The van der Waals surface area contributed by atoms with Crippen LogP contribution in [0.5, 0.6) is 5.75 Å². The van der Waals surface area contributed by atoms with E-state index in [-0.39, 0.29) is 5.75 Å². The maximum Gasteiger partial charge on any atom is 0.268 e. The van der Waals surface area contributed by atoms with Gasteiger partial charge in [0.1, 0.15) is 11.9 Å². The number of hydrogen-bond donors (Lipinski definition) is 5. The summed E-state index contributed by atoms with van der Waals surface area (Å²) in [5.41, 5.74) is 11.5. The summed E-state index contributed by atoms with van der Waals surface area (Å²) in [6.07, 6.45) is 5.25. The molecule has 1 aliphatic carbocycles. The highest BCUT2D eigenvalue weighted by Gasteiger charge is 2.26. The Labute approximate surface area is 153 Å². The van der Waals surface area contributed by atoms with Crippen molar-refractivity contribution in [3.8, 4) is 5.75 Å². The van der Waals surface area contributed by atoms with E-state index in [1.807, 2.05) is 24.3 Å². The van der Waals surface area contributed by atoms with Crippen molar-refractivity contribution in [2.75, 3.05) is 5.43 Å². The van der Waals surface area contributed by atoms with Crippen molar-refractivity contribution in [1.82, 2.24) is 5.43 Å². The van der Waals surface area contributed by atoms with E-state index in [0.717, 1.165) is 23.6 Å². The minimum Gasteiger partial charge on any atom is -0.506 e. The quantitative estimate of drug-likeness (QED) is 0.403. The Balaban J connectivity index is 1.56. The maximum absolute atomic E-state index is 12.2. The number of nitrogens with one attached hydrogen (secondary N) is 2. The molecule has 1 saturated carbocycles. The highest BCUT2D eigenvalue weighted by atomic mass is 16.3. The fourth-order valence-electron chi connectivity index (χ4n) is 3.66. The number of benzene rings is 2. The number of phenolic OH excluding ortho intramolecular Hbond substituents is 1. The van der Waals surface area contributed by atoms with Crippen molar-refractivity contribution in [3.63, 3.8) is 0 Å². The number of hydrogen-bond acceptors (Lipinski definition) is 5. The molecule has 1 fully saturated rings. The Bertz CT molecular complexity index is 759. The number of amides is 1. The van der Waals surface area contributed by atoms with E-state index in [1.165, 1.54) is 19.3 Å². The van der Waals surface area contributed by atoms with Crippen LogP contribution in [0.3, 0.4) is 0 Å². The lowest BCUT2D eigenvalue weighted by Crippen LogP contribution is -2.48. The molecular formula is C20H27N3O3. The van der Waals surface area contributed by atoms with Gasteiger partial charge in [0.25, 0.3) is 5.91 Å². The molecule has 2 aromatic carbocycles. The summed E-state index contributed by atoms with van der Waals surface area (Å²) in [6, 6.07) is 10.4. The largest absolute Gasteiger partial charge is 0.506 e. The maximum atomic E-state index is 12.2. The number of hydrazine groups is 1. The number of rotatable bonds is 6. The van der Waals surface area contributed by atoms with Crippen molar-refractivity contribution >= 4 is 22.4 Å². The van der Waals surface area contributed by atoms with Crippen LogP contribution in [0.1, 0.15) is 38.5 Å². The first-order chi connectivity index (χ1) is 12.5. The first kappa shape index (κ1) is 18.5. The van der Waals surface area contributed by atoms with Crippen LogP contribution in [0, 0.1) is 5.92 Å². The van der Waals surface area contributed by atoms with Crippen molar-refractivity contribution in [2.45, 2.75) is 50.7 Å². The molecule has 3 rings (SSSR count). The third-order valence-electron chi connectivity index (χ3n) is 5.19. The van der Waals surface area contributed by atoms with Gasteiger partial charge in [0.05, 0.1) is 5.69 Å². The van der Waals surface area contributed by atoms with Crippen LogP contribution in [-0.4, -0.2) is 28.3 Å². The molecule has 0 spiro atoms. The average Bonchev–Trinajstić information content (AvgIpc) is 2.66. The number of aromatic hydroxyl groups is 1. The molecule has 0 bridgehead atoms. The van der Waals surface area contributed by atoms with Crippen LogP contribution >= 0.6 is 0 Å².